The van der Waals surface area contributed by atoms with E-state index < -0.39 is 0 Å². The van der Waals surface area contributed by atoms with Gasteiger partial charge in [0.2, 0.25) is 5.91 Å². The molecule has 2 fully saturated rings. The van der Waals surface area contributed by atoms with Crippen LogP contribution in [0.3, 0.4) is 0 Å². The molecule has 4 heteroatoms. The van der Waals surface area contributed by atoms with Gasteiger partial charge in [-0.2, -0.15) is 0 Å². The van der Waals surface area contributed by atoms with E-state index >= 15 is 0 Å². The summed E-state index contributed by atoms with van der Waals surface area (Å²) in [4.78, 5) is 10.8. The first kappa shape index (κ1) is 8.97. The molecule has 0 bridgehead atoms. The van der Waals surface area contributed by atoms with Crippen molar-refractivity contribution in [3.8, 4) is 0 Å². The third-order valence-electron chi connectivity index (χ3n) is 2.61. The quantitative estimate of drug-likeness (QED) is 0.629. The van der Waals surface area contributed by atoms with Crippen molar-refractivity contribution < 1.29 is 14.3 Å². The van der Waals surface area contributed by atoms with E-state index in [0.717, 1.165) is 12.8 Å². The van der Waals surface area contributed by atoms with Gasteiger partial charge >= 0.3 is 0 Å². The molecule has 3 atom stereocenters. The first-order valence-corrected chi connectivity index (χ1v) is 4.79. The lowest BCUT2D eigenvalue weighted by Crippen LogP contribution is -2.48. The second-order valence-corrected chi connectivity index (χ2v) is 3.72. The smallest absolute Gasteiger partial charge is 0.246 e. The average molecular weight is 185 g/mol. The number of hydrogen-bond acceptors (Lipinski definition) is 3. The van der Waals surface area contributed by atoms with Crippen molar-refractivity contribution in [2.24, 2.45) is 0 Å². The fraction of sp³-hybridized carbons (Fsp3) is 0.889. The number of amides is 1. The third kappa shape index (κ3) is 2.00. The molecule has 0 aliphatic carbocycles. The standard InChI is InChI=1S/C9H15NO3/c1-6-2-3-7(13-6)8-4-10-9(11)5-12-8/h6-8H,2-5H2,1H3,(H,10,11). The molecule has 1 N–H and O–H groups in total. The number of hydrogen-bond donors (Lipinski definition) is 1. The summed E-state index contributed by atoms with van der Waals surface area (Å²) in [6, 6.07) is 0. The Labute approximate surface area is 77.6 Å². The molecule has 1 amide bonds. The van der Waals surface area contributed by atoms with Crippen molar-refractivity contribution >= 4 is 5.91 Å². The van der Waals surface area contributed by atoms with Crippen LogP contribution in [0, 0.1) is 0 Å². The van der Waals surface area contributed by atoms with E-state index in [9.17, 15) is 4.79 Å². The zero-order valence-electron chi connectivity index (χ0n) is 7.79. The van der Waals surface area contributed by atoms with Crippen molar-refractivity contribution in [1.29, 1.82) is 0 Å². The maximum atomic E-state index is 10.8. The van der Waals surface area contributed by atoms with Crippen LogP contribution >= 0.6 is 0 Å². The van der Waals surface area contributed by atoms with E-state index in [1.54, 1.807) is 0 Å². The van der Waals surface area contributed by atoms with Crippen LogP contribution in [0.15, 0.2) is 0 Å². The van der Waals surface area contributed by atoms with Crippen molar-refractivity contribution in [1.82, 2.24) is 5.32 Å². The fourth-order valence-corrected chi connectivity index (χ4v) is 1.85. The van der Waals surface area contributed by atoms with Gasteiger partial charge in [0.15, 0.2) is 0 Å². The fourth-order valence-electron chi connectivity index (χ4n) is 1.85. The van der Waals surface area contributed by atoms with E-state index in [2.05, 4.69) is 12.2 Å². The molecular formula is C9H15NO3. The molecule has 2 saturated heterocycles. The molecule has 0 saturated carbocycles. The van der Waals surface area contributed by atoms with Gasteiger partial charge in [-0.25, -0.2) is 0 Å². The third-order valence-corrected chi connectivity index (χ3v) is 2.61. The molecule has 74 valence electrons. The Morgan fingerprint density at radius 3 is 2.77 bits per heavy atom. The summed E-state index contributed by atoms with van der Waals surface area (Å²) in [7, 11) is 0. The highest BCUT2D eigenvalue weighted by Gasteiger charge is 2.32. The summed E-state index contributed by atoms with van der Waals surface area (Å²) in [5.74, 6) is -0.0257. The molecule has 0 radical (unpaired) electrons. The number of nitrogens with one attached hydrogen (secondary N) is 1. The molecule has 0 aromatic heterocycles. The number of morpholine rings is 1. The minimum absolute atomic E-state index is 0.0257. The van der Waals surface area contributed by atoms with Crippen LogP contribution in [-0.4, -0.2) is 37.4 Å². The van der Waals surface area contributed by atoms with E-state index in [1.165, 1.54) is 0 Å². The van der Waals surface area contributed by atoms with Crippen LogP contribution < -0.4 is 5.32 Å². The maximum Gasteiger partial charge on any atom is 0.246 e. The van der Waals surface area contributed by atoms with Gasteiger partial charge in [0.25, 0.3) is 0 Å². The second-order valence-electron chi connectivity index (χ2n) is 3.72. The van der Waals surface area contributed by atoms with E-state index in [0.29, 0.717) is 12.6 Å². The number of rotatable bonds is 1. The minimum atomic E-state index is -0.0257. The van der Waals surface area contributed by atoms with Crippen LogP contribution in [0.25, 0.3) is 0 Å². The van der Waals surface area contributed by atoms with E-state index in [-0.39, 0.29) is 24.7 Å². The summed E-state index contributed by atoms with van der Waals surface area (Å²) in [6.07, 6.45) is 2.71. The molecule has 0 aromatic carbocycles. The number of carbonyl (C=O) groups is 1. The van der Waals surface area contributed by atoms with Gasteiger partial charge in [-0.3, -0.25) is 4.79 Å². The van der Waals surface area contributed by atoms with Gasteiger partial charge in [0, 0.05) is 6.54 Å². The van der Waals surface area contributed by atoms with E-state index in [1.807, 2.05) is 0 Å². The van der Waals surface area contributed by atoms with Gasteiger partial charge in [0.1, 0.15) is 12.7 Å². The average Bonchev–Trinajstić information content (AvgIpc) is 2.53. The van der Waals surface area contributed by atoms with Crippen molar-refractivity contribution in [3.63, 3.8) is 0 Å². The minimum Gasteiger partial charge on any atom is -0.373 e. The lowest BCUT2D eigenvalue weighted by molar-refractivity contribution is -0.140. The SMILES string of the molecule is CC1CCC(C2CNC(=O)CO2)O1. The largest absolute Gasteiger partial charge is 0.373 e. The van der Waals surface area contributed by atoms with Gasteiger partial charge < -0.3 is 14.8 Å². The predicted octanol–water partition coefficient (Wildman–Crippen LogP) is 0.0689. The predicted molar refractivity (Wildman–Crippen MR) is 46.3 cm³/mol. The van der Waals surface area contributed by atoms with Gasteiger partial charge in [-0.1, -0.05) is 0 Å². The van der Waals surface area contributed by atoms with E-state index in [4.69, 9.17) is 9.47 Å². The van der Waals surface area contributed by atoms with Crippen LogP contribution in [0.1, 0.15) is 19.8 Å². The van der Waals surface area contributed by atoms with Crippen molar-refractivity contribution in [2.75, 3.05) is 13.2 Å². The zero-order chi connectivity index (χ0) is 9.26. The highest BCUT2D eigenvalue weighted by Crippen LogP contribution is 2.23. The summed E-state index contributed by atoms with van der Waals surface area (Å²) >= 11 is 0. The van der Waals surface area contributed by atoms with Crippen molar-refractivity contribution in [3.05, 3.63) is 0 Å². The Morgan fingerprint density at radius 1 is 1.38 bits per heavy atom. The molecule has 2 aliphatic rings. The van der Waals surface area contributed by atoms with Gasteiger partial charge in [-0.15, -0.1) is 0 Å². The first-order valence-electron chi connectivity index (χ1n) is 4.79. The topological polar surface area (TPSA) is 47.6 Å². The normalized spacial score (nSPS) is 40.4. The highest BCUT2D eigenvalue weighted by molar-refractivity contribution is 5.77. The number of ether oxygens (including phenoxy) is 2. The Kier molecular flexibility index (Phi) is 2.51. The first-order chi connectivity index (χ1) is 6.25. The second kappa shape index (κ2) is 3.64. The molecule has 13 heavy (non-hydrogen) atoms. The van der Waals surface area contributed by atoms with Crippen LogP contribution in [0.2, 0.25) is 0 Å². The zero-order valence-corrected chi connectivity index (χ0v) is 7.79. The molecule has 2 aliphatic heterocycles. The van der Waals surface area contributed by atoms with Crippen LogP contribution in [0.5, 0.6) is 0 Å². The Balaban J connectivity index is 1.84. The number of carbonyl (C=O) groups excluding carboxylic acids is 1. The molecular weight excluding hydrogens is 170 g/mol. The molecule has 4 nitrogen and oxygen atoms in total. The Bertz CT molecular complexity index is 197. The van der Waals surface area contributed by atoms with Crippen LogP contribution in [0.4, 0.5) is 0 Å². The monoisotopic (exact) mass is 185 g/mol. The Morgan fingerprint density at radius 2 is 2.23 bits per heavy atom. The lowest BCUT2D eigenvalue weighted by Gasteiger charge is -2.27. The molecule has 2 heterocycles. The summed E-state index contributed by atoms with van der Waals surface area (Å²) in [5.41, 5.74) is 0. The summed E-state index contributed by atoms with van der Waals surface area (Å²) in [5, 5.41) is 2.78. The summed E-state index contributed by atoms with van der Waals surface area (Å²) < 4.78 is 11.0. The lowest BCUT2D eigenvalue weighted by atomic mass is 10.1. The van der Waals surface area contributed by atoms with Crippen molar-refractivity contribution in [2.45, 2.75) is 38.1 Å². The summed E-state index contributed by atoms with van der Waals surface area (Å²) in [6.45, 7) is 2.84. The molecule has 0 spiro atoms. The maximum absolute atomic E-state index is 10.8. The molecule has 2 rings (SSSR count). The van der Waals surface area contributed by atoms with Gasteiger partial charge in [0.05, 0.1) is 12.2 Å². The van der Waals surface area contributed by atoms with Crippen LogP contribution in [-0.2, 0) is 14.3 Å². The highest BCUT2D eigenvalue weighted by atomic mass is 16.6. The molecule has 0 aromatic rings. The van der Waals surface area contributed by atoms with Gasteiger partial charge in [-0.05, 0) is 19.8 Å². The Hall–Kier alpha value is -0.610. The molecule has 3 unspecified atom stereocenters.